The standard InChI is InChI=1S/C14H28N2/c1-4-8-16(13-10-15-11-13)12-6-5-7-14(2,3)9-12/h12-13,15H,4-11H2,1-3H3. The maximum atomic E-state index is 3.42. The molecule has 2 rings (SSSR count). The van der Waals surface area contributed by atoms with Gasteiger partial charge in [0.2, 0.25) is 0 Å². The molecule has 16 heavy (non-hydrogen) atoms. The van der Waals surface area contributed by atoms with Crippen molar-refractivity contribution >= 4 is 0 Å². The van der Waals surface area contributed by atoms with Crippen LogP contribution in [0.5, 0.6) is 0 Å². The van der Waals surface area contributed by atoms with Crippen molar-refractivity contribution in [3.8, 4) is 0 Å². The van der Waals surface area contributed by atoms with Gasteiger partial charge in [-0.05, 0) is 37.6 Å². The maximum absolute atomic E-state index is 3.42. The van der Waals surface area contributed by atoms with Gasteiger partial charge in [-0.15, -0.1) is 0 Å². The van der Waals surface area contributed by atoms with Crippen LogP contribution >= 0.6 is 0 Å². The second-order valence-electron chi connectivity index (χ2n) is 6.46. The fourth-order valence-corrected chi connectivity index (χ4v) is 3.37. The Morgan fingerprint density at radius 2 is 2.00 bits per heavy atom. The van der Waals surface area contributed by atoms with Crippen LogP contribution in [0, 0.1) is 5.41 Å². The van der Waals surface area contributed by atoms with Crippen molar-refractivity contribution in [1.82, 2.24) is 10.2 Å². The molecule has 0 radical (unpaired) electrons. The van der Waals surface area contributed by atoms with Crippen molar-refractivity contribution in [2.24, 2.45) is 5.41 Å². The Hall–Kier alpha value is -0.0800. The highest BCUT2D eigenvalue weighted by atomic mass is 15.3. The molecule has 1 atom stereocenters. The minimum atomic E-state index is 0.575. The highest BCUT2D eigenvalue weighted by molar-refractivity contribution is 4.92. The van der Waals surface area contributed by atoms with Gasteiger partial charge in [0.25, 0.3) is 0 Å². The first kappa shape index (κ1) is 12.4. The topological polar surface area (TPSA) is 15.3 Å². The molecule has 1 aliphatic carbocycles. The molecule has 2 fully saturated rings. The van der Waals surface area contributed by atoms with Crippen molar-refractivity contribution in [3.63, 3.8) is 0 Å². The molecule has 0 aromatic heterocycles. The van der Waals surface area contributed by atoms with Crippen LogP contribution in [0.4, 0.5) is 0 Å². The van der Waals surface area contributed by atoms with Crippen molar-refractivity contribution in [2.75, 3.05) is 19.6 Å². The van der Waals surface area contributed by atoms with Crippen LogP contribution in [-0.4, -0.2) is 36.6 Å². The van der Waals surface area contributed by atoms with Crippen LogP contribution < -0.4 is 5.32 Å². The van der Waals surface area contributed by atoms with E-state index in [0.29, 0.717) is 5.41 Å². The van der Waals surface area contributed by atoms with Gasteiger partial charge in [0.1, 0.15) is 0 Å². The Bertz CT molecular complexity index is 221. The van der Waals surface area contributed by atoms with E-state index in [2.05, 4.69) is 31.0 Å². The number of hydrogen-bond acceptors (Lipinski definition) is 2. The lowest BCUT2D eigenvalue weighted by molar-refractivity contribution is 0.0400. The molecule has 2 heteroatoms. The second kappa shape index (κ2) is 5.05. The van der Waals surface area contributed by atoms with Gasteiger partial charge in [0, 0.05) is 25.2 Å². The summed E-state index contributed by atoms with van der Waals surface area (Å²) in [6.45, 7) is 10.9. The Morgan fingerprint density at radius 1 is 1.25 bits per heavy atom. The number of hydrogen-bond donors (Lipinski definition) is 1. The predicted octanol–water partition coefficient (Wildman–Crippen LogP) is 2.64. The molecule has 94 valence electrons. The van der Waals surface area contributed by atoms with E-state index in [4.69, 9.17) is 0 Å². The third-order valence-electron chi connectivity index (χ3n) is 4.36. The summed E-state index contributed by atoms with van der Waals surface area (Å²) in [6.07, 6.45) is 6.99. The summed E-state index contributed by atoms with van der Waals surface area (Å²) in [5.41, 5.74) is 0.575. The zero-order valence-electron chi connectivity index (χ0n) is 11.3. The first-order valence-electron chi connectivity index (χ1n) is 7.09. The Balaban J connectivity index is 1.95. The Labute approximate surface area is 101 Å². The zero-order chi connectivity index (χ0) is 11.6. The normalized spacial score (nSPS) is 30.4. The number of nitrogens with one attached hydrogen (secondary N) is 1. The fraction of sp³-hybridized carbons (Fsp3) is 1.00. The molecule has 1 aliphatic heterocycles. The van der Waals surface area contributed by atoms with E-state index in [1.54, 1.807) is 0 Å². The zero-order valence-corrected chi connectivity index (χ0v) is 11.3. The summed E-state index contributed by atoms with van der Waals surface area (Å²) in [7, 11) is 0. The van der Waals surface area contributed by atoms with E-state index in [0.717, 1.165) is 12.1 Å². The van der Waals surface area contributed by atoms with E-state index in [-0.39, 0.29) is 0 Å². The van der Waals surface area contributed by atoms with Gasteiger partial charge >= 0.3 is 0 Å². The molecule has 0 aromatic carbocycles. The van der Waals surface area contributed by atoms with Gasteiger partial charge in [-0.25, -0.2) is 0 Å². The summed E-state index contributed by atoms with van der Waals surface area (Å²) in [5.74, 6) is 0. The quantitative estimate of drug-likeness (QED) is 0.790. The maximum Gasteiger partial charge on any atom is 0.0348 e. The van der Waals surface area contributed by atoms with Crippen LogP contribution in [0.2, 0.25) is 0 Å². The van der Waals surface area contributed by atoms with Gasteiger partial charge in [-0.2, -0.15) is 0 Å². The molecule has 2 aliphatic rings. The molecule has 1 saturated heterocycles. The van der Waals surface area contributed by atoms with Gasteiger partial charge in [-0.3, -0.25) is 4.90 Å². The summed E-state index contributed by atoms with van der Waals surface area (Å²) < 4.78 is 0. The second-order valence-corrected chi connectivity index (χ2v) is 6.46. The molecule has 1 saturated carbocycles. The predicted molar refractivity (Wildman–Crippen MR) is 69.7 cm³/mol. The first-order chi connectivity index (χ1) is 7.62. The molecule has 1 N–H and O–H groups in total. The lowest BCUT2D eigenvalue weighted by Crippen LogP contribution is -2.61. The van der Waals surface area contributed by atoms with Gasteiger partial charge < -0.3 is 5.32 Å². The molecule has 0 aromatic rings. The summed E-state index contributed by atoms with van der Waals surface area (Å²) >= 11 is 0. The third-order valence-corrected chi connectivity index (χ3v) is 4.36. The van der Waals surface area contributed by atoms with Crippen LogP contribution in [0.15, 0.2) is 0 Å². The van der Waals surface area contributed by atoms with Crippen LogP contribution in [0.3, 0.4) is 0 Å². The van der Waals surface area contributed by atoms with E-state index >= 15 is 0 Å². The minimum absolute atomic E-state index is 0.575. The van der Waals surface area contributed by atoms with Gasteiger partial charge in [-0.1, -0.05) is 27.2 Å². The van der Waals surface area contributed by atoms with Crippen LogP contribution in [0.1, 0.15) is 52.9 Å². The van der Waals surface area contributed by atoms with Crippen molar-refractivity contribution in [3.05, 3.63) is 0 Å². The molecular formula is C14H28N2. The van der Waals surface area contributed by atoms with Gasteiger partial charge in [0.05, 0.1) is 0 Å². The van der Waals surface area contributed by atoms with Crippen molar-refractivity contribution < 1.29 is 0 Å². The largest absolute Gasteiger partial charge is 0.314 e. The van der Waals surface area contributed by atoms with Crippen molar-refractivity contribution in [1.29, 1.82) is 0 Å². The molecule has 0 amide bonds. The average Bonchev–Trinajstić information content (AvgIpc) is 2.12. The fourth-order valence-electron chi connectivity index (χ4n) is 3.37. The van der Waals surface area contributed by atoms with Crippen molar-refractivity contribution in [2.45, 2.75) is 65.0 Å². The lowest BCUT2D eigenvalue weighted by Gasteiger charge is -2.47. The molecule has 0 spiro atoms. The van der Waals surface area contributed by atoms with Crippen LogP contribution in [-0.2, 0) is 0 Å². The van der Waals surface area contributed by atoms with E-state index in [9.17, 15) is 0 Å². The summed E-state index contributed by atoms with van der Waals surface area (Å²) in [4.78, 5) is 2.80. The molecule has 1 heterocycles. The van der Waals surface area contributed by atoms with E-state index in [1.807, 2.05) is 0 Å². The van der Waals surface area contributed by atoms with E-state index < -0.39 is 0 Å². The highest BCUT2D eigenvalue weighted by Gasteiger charge is 2.35. The highest BCUT2D eigenvalue weighted by Crippen LogP contribution is 2.38. The van der Waals surface area contributed by atoms with E-state index in [1.165, 1.54) is 51.7 Å². The molecule has 1 unspecified atom stereocenters. The van der Waals surface area contributed by atoms with Gasteiger partial charge in [0.15, 0.2) is 0 Å². The Kier molecular flexibility index (Phi) is 3.91. The number of nitrogens with zero attached hydrogens (tertiary/aromatic N) is 1. The minimum Gasteiger partial charge on any atom is -0.314 e. The third kappa shape index (κ3) is 2.78. The lowest BCUT2D eigenvalue weighted by atomic mass is 9.74. The molecule has 0 bridgehead atoms. The monoisotopic (exact) mass is 224 g/mol. The SMILES string of the molecule is CCCN(C1CNC1)C1CCCC(C)(C)C1. The molecular weight excluding hydrogens is 196 g/mol. The Morgan fingerprint density at radius 3 is 2.50 bits per heavy atom. The molecule has 2 nitrogen and oxygen atoms in total. The van der Waals surface area contributed by atoms with Crippen LogP contribution in [0.25, 0.3) is 0 Å². The first-order valence-corrected chi connectivity index (χ1v) is 7.09. The average molecular weight is 224 g/mol. The summed E-state index contributed by atoms with van der Waals surface area (Å²) in [5, 5.41) is 3.42. The smallest absolute Gasteiger partial charge is 0.0348 e. The summed E-state index contributed by atoms with van der Waals surface area (Å²) in [6, 6.07) is 1.69. The number of rotatable bonds is 4.